The molecule has 1 aliphatic heterocycles. The third kappa shape index (κ3) is 3.85. The fraction of sp³-hybridized carbons (Fsp3) is 0.474. The molecule has 0 saturated heterocycles. The Bertz CT molecular complexity index is 820. The Labute approximate surface area is 161 Å². The number of ether oxygens (including phenoxy) is 1. The molecule has 1 saturated carbocycles. The normalized spacial score (nSPS) is 21.6. The van der Waals surface area contributed by atoms with Crippen molar-refractivity contribution in [3.8, 4) is 0 Å². The minimum atomic E-state index is -0.506. The summed E-state index contributed by atoms with van der Waals surface area (Å²) in [6.45, 7) is 3.58. The molecule has 27 heavy (non-hydrogen) atoms. The van der Waals surface area contributed by atoms with Gasteiger partial charge in [0.05, 0.1) is 22.1 Å². The molecule has 0 bridgehead atoms. The predicted molar refractivity (Wildman–Crippen MR) is 102 cm³/mol. The number of nitrogens with zero attached hydrogens (tertiary/aromatic N) is 1. The molecule has 8 heteroatoms. The van der Waals surface area contributed by atoms with E-state index in [9.17, 15) is 19.7 Å². The van der Waals surface area contributed by atoms with Gasteiger partial charge in [0.1, 0.15) is 0 Å². The fourth-order valence-electron chi connectivity index (χ4n) is 3.74. The number of hydrogen-bond donors (Lipinski definition) is 1. The van der Waals surface area contributed by atoms with E-state index < -0.39 is 10.8 Å². The number of nitro benzene ring substituents is 1. The number of nitrogens with one attached hydrogen (secondary N) is 1. The highest BCUT2D eigenvalue weighted by atomic mass is 32.2. The Morgan fingerprint density at radius 2 is 2.07 bits per heavy atom. The van der Waals surface area contributed by atoms with Crippen molar-refractivity contribution in [1.29, 1.82) is 0 Å². The molecule has 2 atom stereocenters. The monoisotopic (exact) mass is 390 g/mol. The van der Waals surface area contributed by atoms with E-state index in [4.69, 9.17) is 4.74 Å². The van der Waals surface area contributed by atoms with E-state index in [2.05, 4.69) is 5.32 Å². The van der Waals surface area contributed by atoms with Crippen molar-refractivity contribution in [2.75, 3.05) is 6.61 Å². The van der Waals surface area contributed by atoms with E-state index in [1.54, 1.807) is 19.9 Å². The van der Waals surface area contributed by atoms with Gasteiger partial charge in [0.25, 0.3) is 11.6 Å². The predicted octanol–water partition coefficient (Wildman–Crippen LogP) is 3.71. The van der Waals surface area contributed by atoms with E-state index in [1.807, 2.05) is 0 Å². The maximum atomic E-state index is 12.8. The van der Waals surface area contributed by atoms with Crippen LogP contribution in [0.3, 0.4) is 0 Å². The summed E-state index contributed by atoms with van der Waals surface area (Å²) in [5, 5.41) is 14.7. The number of thioether (sulfide) groups is 1. The molecule has 1 aliphatic carbocycles. The number of rotatable bonds is 5. The molecule has 1 heterocycles. The lowest BCUT2D eigenvalue weighted by molar-refractivity contribution is -0.385. The van der Waals surface area contributed by atoms with E-state index in [0.717, 1.165) is 25.7 Å². The van der Waals surface area contributed by atoms with Gasteiger partial charge in [0, 0.05) is 28.4 Å². The van der Waals surface area contributed by atoms with Gasteiger partial charge >= 0.3 is 5.97 Å². The highest BCUT2D eigenvalue weighted by Crippen LogP contribution is 2.48. The molecular formula is C19H22N2O5S. The van der Waals surface area contributed by atoms with Crippen molar-refractivity contribution in [1.82, 2.24) is 5.32 Å². The zero-order valence-corrected chi connectivity index (χ0v) is 16.1. The van der Waals surface area contributed by atoms with Gasteiger partial charge in [-0.15, -0.1) is 11.8 Å². The molecule has 2 unspecified atom stereocenters. The fourth-order valence-corrected chi connectivity index (χ4v) is 5.28. The zero-order chi connectivity index (χ0) is 19.6. The molecule has 0 spiro atoms. The molecule has 0 radical (unpaired) electrons. The van der Waals surface area contributed by atoms with Gasteiger partial charge in [-0.25, -0.2) is 4.79 Å². The number of carbonyl (C=O) groups is 2. The van der Waals surface area contributed by atoms with Crippen molar-refractivity contribution in [3.63, 3.8) is 0 Å². The van der Waals surface area contributed by atoms with Crippen LogP contribution in [0.5, 0.6) is 0 Å². The summed E-state index contributed by atoms with van der Waals surface area (Å²) >= 11 is 1.51. The van der Waals surface area contributed by atoms with Gasteiger partial charge in [-0.1, -0.05) is 18.9 Å². The van der Waals surface area contributed by atoms with Gasteiger partial charge in [-0.05, 0) is 32.8 Å². The lowest BCUT2D eigenvalue weighted by Crippen LogP contribution is -2.26. The highest BCUT2D eigenvalue weighted by molar-refractivity contribution is 8.04. The van der Waals surface area contributed by atoms with Crippen LogP contribution in [-0.4, -0.2) is 28.7 Å². The number of carbonyl (C=O) groups excluding carboxylic acids is 2. The largest absolute Gasteiger partial charge is 0.463 e. The van der Waals surface area contributed by atoms with Crippen LogP contribution in [0.15, 0.2) is 28.8 Å². The van der Waals surface area contributed by atoms with Crippen LogP contribution in [0, 0.1) is 23.0 Å². The van der Waals surface area contributed by atoms with Crippen molar-refractivity contribution in [2.24, 2.45) is 5.92 Å². The molecule has 1 fully saturated rings. The van der Waals surface area contributed by atoms with Crippen LogP contribution >= 0.6 is 11.8 Å². The Morgan fingerprint density at radius 1 is 1.33 bits per heavy atom. The summed E-state index contributed by atoms with van der Waals surface area (Å²) in [5.41, 5.74) is 0.979. The molecule has 1 aromatic carbocycles. The summed E-state index contributed by atoms with van der Waals surface area (Å²) in [7, 11) is 0. The second-order valence-electron chi connectivity index (χ2n) is 6.67. The molecule has 3 rings (SSSR count). The lowest BCUT2D eigenvalue weighted by Gasteiger charge is -2.25. The third-order valence-electron chi connectivity index (χ3n) is 5.06. The smallest absolute Gasteiger partial charge is 0.336 e. The highest BCUT2D eigenvalue weighted by Gasteiger charge is 2.41. The number of esters is 1. The number of benzene rings is 1. The average molecular weight is 390 g/mol. The molecule has 144 valence electrons. The molecular weight excluding hydrogens is 368 g/mol. The summed E-state index contributed by atoms with van der Waals surface area (Å²) in [5.74, 6) is -0.742. The Morgan fingerprint density at radius 3 is 2.78 bits per heavy atom. The van der Waals surface area contributed by atoms with Gasteiger partial charge in [-0.2, -0.15) is 0 Å². The van der Waals surface area contributed by atoms with E-state index in [1.165, 1.54) is 23.9 Å². The van der Waals surface area contributed by atoms with E-state index in [-0.39, 0.29) is 35.0 Å². The quantitative estimate of drug-likeness (QED) is 0.467. The second kappa shape index (κ2) is 8.12. The van der Waals surface area contributed by atoms with Crippen molar-refractivity contribution >= 4 is 29.3 Å². The molecule has 1 N–H and O–H groups in total. The standard InChI is InChI=1S/C19H22N2O5S/c1-3-26-19(23)16-13-7-4-5-10-15(13)27-18(16)20-17(22)12-8-6-9-14(11(12)2)21(24)25/h6,8-9,13,15H,3-5,7,10H2,1-2H3,(H,20,22). The van der Waals surface area contributed by atoms with Crippen LogP contribution in [0.4, 0.5) is 5.69 Å². The van der Waals surface area contributed by atoms with Gasteiger partial charge < -0.3 is 10.1 Å². The third-order valence-corrected chi connectivity index (χ3v) is 6.48. The summed E-state index contributed by atoms with van der Waals surface area (Å²) in [6, 6.07) is 4.41. The average Bonchev–Trinajstić information content (AvgIpc) is 2.99. The van der Waals surface area contributed by atoms with Crippen LogP contribution in [-0.2, 0) is 9.53 Å². The molecule has 1 aromatic rings. The van der Waals surface area contributed by atoms with E-state index >= 15 is 0 Å². The van der Waals surface area contributed by atoms with Crippen molar-refractivity contribution < 1.29 is 19.2 Å². The molecule has 2 aliphatic rings. The molecule has 1 amide bonds. The van der Waals surface area contributed by atoms with Crippen LogP contribution < -0.4 is 5.32 Å². The first-order valence-electron chi connectivity index (χ1n) is 9.07. The summed E-state index contributed by atoms with van der Waals surface area (Å²) < 4.78 is 5.22. The minimum absolute atomic E-state index is 0.0873. The zero-order valence-electron chi connectivity index (χ0n) is 15.3. The first-order chi connectivity index (χ1) is 12.9. The van der Waals surface area contributed by atoms with Gasteiger partial charge in [0.15, 0.2) is 0 Å². The maximum Gasteiger partial charge on any atom is 0.336 e. The van der Waals surface area contributed by atoms with Gasteiger partial charge in [0.2, 0.25) is 0 Å². The number of amides is 1. The van der Waals surface area contributed by atoms with Crippen LogP contribution in [0.1, 0.15) is 48.5 Å². The topological polar surface area (TPSA) is 98.5 Å². The summed E-state index contributed by atoms with van der Waals surface area (Å²) in [4.78, 5) is 35.9. The first-order valence-corrected chi connectivity index (χ1v) is 9.95. The second-order valence-corrected chi connectivity index (χ2v) is 7.92. The number of nitro groups is 1. The minimum Gasteiger partial charge on any atom is -0.463 e. The van der Waals surface area contributed by atoms with E-state index in [0.29, 0.717) is 16.2 Å². The number of hydrogen-bond acceptors (Lipinski definition) is 6. The van der Waals surface area contributed by atoms with Crippen LogP contribution in [0.2, 0.25) is 0 Å². The Hall–Kier alpha value is -2.35. The molecule has 7 nitrogen and oxygen atoms in total. The first kappa shape index (κ1) is 19.4. The number of fused-ring (bicyclic) bond motifs is 1. The Kier molecular flexibility index (Phi) is 5.84. The van der Waals surface area contributed by atoms with Crippen molar-refractivity contribution in [3.05, 3.63) is 50.0 Å². The van der Waals surface area contributed by atoms with Crippen molar-refractivity contribution in [2.45, 2.75) is 44.8 Å². The lowest BCUT2D eigenvalue weighted by atomic mass is 9.84. The van der Waals surface area contributed by atoms with Crippen LogP contribution in [0.25, 0.3) is 0 Å². The maximum absolute atomic E-state index is 12.8. The van der Waals surface area contributed by atoms with Gasteiger partial charge in [-0.3, -0.25) is 14.9 Å². The molecule has 0 aromatic heterocycles. The SMILES string of the molecule is CCOC(=O)C1=C(NC(=O)c2cccc([N+](=O)[O-])c2C)SC2CCCCC12. The Balaban J connectivity index is 1.90. The summed E-state index contributed by atoms with van der Waals surface area (Å²) in [6.07, 6.45) is 4.06.